The van der Waals surface area contributed by atoms with Crippen LogP contribution in [0.25, 0.3) is 0 Å². The topological polar surface area (TPSA) is 77.1 Å². The molecule has 0 saturated heterocycles. The first-order chi connectivity index (χ1) is 14.1. The fraction of sp³-hybridized carbons (Fsp3) is 0.429. The van der Waals surface area contributed by atoms with E-state index in [4.69, 9.17) is 14.2 Å². The van der Waals surface area contributed by atoms with Crippen molar-refractivity contribution in [2.45, 2.75) is 32.9 Å². The third-order valence-corrected chi connectivity index (χ3v) is 6.23. The number of likely N-dealkylation sites (N-methyl/N-ethyl adjacent to an activating group) is 1. The number of carbonyl (C=O) groups excluding carboxylic acids is 2. The summed E-state index contributed by atoms with van der Waals surface area (Å²) in [5.41, 5.74) is 1.47. The molecule has 0 fully saturated rings. The van der Waals surface area contributed by atoms with Gasteiger partial charge in [0.1, 0.15) is 11.6 Å². The number of amides is 1. The van der Waals surface area contributed by atoms with E-state index in [0.29, 0.717) is 22.1 Å². The van der Waals surface area contributed by atoms with Crippen LogP contribution in [0.1, 0.15) is 34.6 Å². The third-order valence-electron chi connectivity index (χ3n) is 5.10. The zero-order valence-electron chi connectivity index (χ0n) is 16.5. The Morgan fingerprint density at radius 2 is 2.07 bits per heavy atom. The highest BCUT2D eigenvalue weighted by molar-refractivity contribution is 7.17. The Balaban J connectivity index is 1.57. The highest BCUT2D eigenvalue weighted by Gasteiger charge is 2.32. The summed E-state index contributed by atoms with van der Waals surface area (Å²) in [6.07, 6.45) is -0.0219. The van der Waals surface area contributed by atoms with E-state index in [-0.39, 0.29) is 19.1 Å². The molecule has 154 valence electrons. The molecule has 0 spiro atoms. The summed E-state index contributed by atoms with van der Waals surface area (Å²) in [5, 5.41) is 3.42. The second-order valence-corrected chi connectivity index (χ2v) is 8.01. The van der Waals surface area contributed by atoms with Crippen LogP contribution < -0.4 is 14.8 Å². The summed E-state index contributed by atoms with van der Waals surface area (Å²) >= 11 is 1.44. The number of anilines is 1. The predicted octanol–water partition coefficient (Wildman–Crippen LogP) is 3.08. The molecule has 1 aromatic heterocycles. The van der Waals surface area contributed by atoms with E-state index in [0.717, 1.165) is 36.5 Å². The van der Waals surface area contributed by atoms with Crippen LogP contribution in [-0.2, 0) is 22.5 Å². The van der Waals surface area contributed by atoms with Gasteiger partial charge in [-0.3, -0.25) is 9.69 Å². The molecular weight excluding hydrogens is 392 g/mol. The van der Waals surface area contributed by atoms with Gasteiger partial charge in [0.25, 0.3) is 5.91 Å². The summed E-state index contributed by atoms with van der Waals surface area (Å²) in [6.45, 7) is 6.90. The number of rotatable bonds is 5. The lowest BCUT2D eigenvalue weighted by atomic mass is 10.0. The largest absolute Gasteiger partial charge is 0.485 e. The third kappa shape index (κ3) is 3.95. The maximum Gasteiger partial charge on any atom is 0.341 e. The van der Waals surface area contributed by atoms with Crippen molar-refractivity contribution < 1.29 is 23.8 Å². The SMILES string of the molecule is CCOC(=O)c1c(NC(=O)[C@@H]2COc3ccccc3O2)sc2c1CCN(CC)C2. The van der Waals surface area contributed by atoms with Gasteiger partial charge in [-0.05, 0) is 37.6 Å². The van der Waals surface area contributed by atoms with Crippen LogP contribution in [0.5, 0.6) is 11.5 Å². The van der Waals surface area contributed by atoms with Crippen LogP contribution >= 0.6 is 11.3 Å². The van der Waals surface area contributed by atoms with E-state index in [2.05, 4.69) is 17.1 Å². The Kier molecular flexibility index (Phi) is 5.73. The van der Waals surface area contributed by atoms with Crippen molar-refractivity contribution in [3.8, 4) is 11.5 Å². The van der Waals surface area contributed by atoms with E-state index in [1.165, 1.54) is 11.3 Å². The lowest BCUT2D eigenvalue weighted by Gasteiger charge is -2.25. The molecule has 1 atom stereocenters. The van der Waals surface area contributed by atoms with Gasteiger partial charge in [-0.25, -0.2) is 4.79 Å². The normalized spacial score (nSPS) is 18.1. The van der Waals surface area contributed by atoms with Gasteiger partial charge < -0.3 is 19.5 Å². The highest BCUT2D eigenvalue weighted by atomic mass is 32.1. The minimum atomic E-state index is -0.786. The van der Waals surface area contributed by atoms with Crippen LogP contribution in [0, 0.1) is 0 Å². The molecule has 2 aliphatic heterocycles. The number of ether oxygens (including phenoxy) is 3. The Morgan fingerprint density at radius 1 is 1.28 bits per heavy atom. The summed E-state index contributed by atoms with van der Waals surface area (Å²) in [4.78, 5) is 28.9. The minimum Gasteiger partial charge on any atom is -0.485 e. The van der Waals surface area contributed by atoms with Crippen molar-refractivity contribution in [3.63, 3.8) is 0 Å². The zero-order valence-corrected chi connectivity index (χ0v) is 17.3. The molecule has 0 aliphatic carbocycles. The summed E-state index contributed by atoms with van der Waals surface area (Å²) in [5.74, 6) is 0.427. The molecule has 4 rings (SSSR count). The van der Waals surface area contributed by atoms with Crippen LogP contribution in [0.2, 0.25) is 0 Å². The van der Waals surface area contributed by atoms with Crippen molar-refractivity contribution in [3.05, 3.63) is 40.3 Å². The van der Waals surface area contributed by atoms with Crippen LogP contribution in [0.3, 0.4) is 0 Å². The van der Waals surface area contributed by atoms with E-state index in [1.54, 1.807) is 19.1 Å². The predicted molar refractivity (Wildman–Crippen MR) is 110 cm³/mol. The average molecular weight is 416 g/mol. The second kappa shape index (κ2) is 8.42. The van der Waals surface area contributed by atoms with Gasteiger partial charge in [-0.1, -0.05) is 19.1 Å². The van der Waals surface area contributed by atoms with Gasteiger partial charge in [0, 0.05) is 18.0 Å². The number of benzene rings is 1. The number of nitrogens with zero attached hydrogens (tertiary/aromatic N) is 1. The van der Waals surface area contributed by atoms with Crippen molar-refractivity contribution in [2.75, 3.05) is 31.6 Å². The molecule has 0 saturated carbocycles. The van der Waals surface area contributed by atoms with Crippen LogP contribution in [-0.4, -0.2) is 49.2 Å². The monoisotopic (exact) mass is 416 g/mol. The number of hydrogen-bond donors (Lipinski definition) is 1. The number of fused-ring (bicyclic) bond motifs is 2. The van der Waals surface area contributed by atoms with E-state index in [1.807, 2.05) is 12.1 Å². The number of esters is 1. The summed E-state index contributed by atoms with van der Waals surface area (Å²) in [6, 6.07) is 7.25. The van der Waals surface area contributed by atoms with Gasteiger partial charge in [-0.2, -0.15) is 0 Å². The molecule has 29 heavy (non-hydrogen) atoms. The Hall–Kier alpha value is -2.58. The van der Waals surface area contributed by atoms with Gasteiger partial charge >= 0.3 is 5.97 Å². The van der Waals surface area contributed by atoms with Crippen LogP contribution in [0.15, 0.2) is 24.3 Å². The zero-order chi connectivity index (χ0) is 20.4. The molecule has 0 radical (unpaired) electrons. The number of para-hydroxylation sites is 2. The average Bonchev–Trinajstić information content (AvgIpc) is 3.10. The van der Waals surface area contributed by atoms with E-state index in [9.17, 15) is 9.59 Å². The first-order valence-electron chi connectivity index (χ1n) is 9.84. The lowest BCUT2D eigenvalue weighted by molar-refractivity contribution is -0.125. The maximum atomic E-state index is 12.9. The standard InChI is InChI=1S/C21H24N2O5S/c1-3-23-10-9-13-17(11-23)29-20(18(13)21(25)26-4-2)22-19(24)16-12-27-14-7-5-6-8-15(14)28-16/h5-8,16H,3-4,9-12H2,1-2H3,(H,22,24)/t16-/m0/s1. The lowest BCUT2D eigenvalue weighted by Crippen LogP contribution is -2.40. The molecule has 2 aliphatic rings. The number of hydrogen-bond acceptors (Lipinski definition) is 7. The van der Waals surface area contributed by atoms with Gasteiger partial charge in [-0.15, -0.1) is 11.3 Å². The second-order valence-electron chi connectivity index (χ2n) is 6.90. The molecule has 0 unspecified atom stereocenters. The minimum absolute atomic E-state index is 0.117. The molecular formula is C21H24N2O5S. The maximum absolute atomic E-state index is 12.9. The summed E-state index contributed by atoms with van der Waals surface area (Å²) < 4.78 is 16.7. The van der Waals surface area contributed by atoms with Gasteiger partial charge in [0.2, 0.25) is 6.10 Å². The Labute approximate surface area is 173 Å². The van der Waals surface area contributed by atoms with Crippen molar-refractivity contribution in [1.82, 2.24) is 4.90 Å². The quantitative estimate of drug-likeness (QED) is 0.755. The summed E-state index contributed by atoms with van der Waals surface area (Å²) in [7, 11) is 0. The molecule has 8 heteroatoms. The first-order valence-corrected chi connectivity index (χ1v) is 10.7. The molecule has 1 N–H and O–H groups in total. The smallest absolute Gasteiger partial charge is 0.341 e. The Morgan fingerprint density at radius 3 is 2.83 bits per heavy atom. The number of carbonyl (C=O) groups is 2. The van der Waals surface area contributed by atoms with E-state index >= 15 is 0 Å². The fourth-order valence-corrected chi connectivity index (χ4v) is 4.86. The molecule has 0 bridgehead atoms. The number of thiophene rings is 1. The molecule has 7 nitrogen and oxygen atoms in total. The first kappa shape index (κ1) is 19.7. The van der Waals surface area contributed by atoms with Gasteiger partial charge in [0.05, 0.1) is 12.2 Å². The molecule has 1 aromatic carbocycles. The van der Waals surface area contributed by atoms with Gasteiger partial charge in [0.15, 0.2) is 11.5 Å². The van der Waals surface area contributed by atoms with Crippen molar-refractivity contribution >= 4 is 28.2 Å². The van der Waals surface area contributed by atoms with E-state index < -0.39 is 12.1 Å². The molecule has 2 aromatic rings. The highest BCUT2D eigenvalue weighted by Crippen LogP contribution is 2.38. The fourth-order valence-electron chi connectivity index (χ4n) is 3.57. The molecule has 1 amide bonds. The number of nitrogens with one attached hydrogen (secondary N) is 1. The molecule has 3 heterocycles. The Bertz CT molecular complexity index is 926. The van der Waals surface area contributed by atoms with Crippen molar-refractivity contribution in [1.29, 1.82) is 0 Å². The van der Waals surface area contributed by atoms with Crippen LogP contribution in [0.4, 0.5) is 5.00 Å². The van der Waals surface area contributed by atoms with Crippen molar-refractivity contribution in [2.24, 2.45) is 0 Å².